The van der Waals surface area contributed by atoms with E-state index in [0.717, 1.165) is 79.5 Å². The summed E-state index contributed by atoms with van der Waals surface area (Å²) >= 11 is 0. The average molecular weight is 623 g/mol. The highest BCUT2D eigenvalue weighted by atomic mass is 16.5. The maximum Gasteiger partial charge on any atom is 0.337 e. The van der Waals surface area contributed by atoms with Gasteiger partial charge in [-0.2, -0.15) is 0 Å². The number of nitrogens with zero attached hydrogens (tertiary/aromatic N) is 2. The van der Waals surface area contributed by atoms with Gasteiger partial charge in [-0.15, -0.1) is 0 Å². The molecule has 246 valence electrons. The van der Waals surface area contributed by atoms with E-state index in [0.29, 0.717) is 12.0 Å². The minimum absolute atomic E-state index is 0.0915. The van der Waals surface area contributed by atoms with Crippen molar-refractivity contribution < 1.29 is 28.6 Å². The molecule has 45 heavy (non-hydrogen) atoms. The number of methoxy groups -OCH3 is 3. The first-order chi connectivity index (χ1) is 21.9. The van der Waals surface area contributed by atoms with Gasteiger partial charge in [-0.05, 0) is 55.2 Å². The van der Waals surface area contributed by atoms with E-state index in [1.807, 2.05) is 18.2 Å². The van der Waals surface area contributed by atoms with Crippen LogP contribution in [-0.4, -0.2) is 74.4 Å². The van der Waals surface area contributed by atoms with Crippen molar-refractivity contribution in [3.05, 3.63) is 41.3 Å². The molecule has 5 rings (SSSR count). The lowest BCUT2D eigenvalue weighted by Gasteiger charge is -2.47. The molecule has 0 bridgehead atoms. The lowest BCUT2D eigenvalue weighted by molar-refractivity contribution is -0.137. The normalized spacial score (nSPS) is 23.1. The highest BCUT2D eigenvalue weighted by molar-refractivity contribution is 6.00. The number of aromatic nitrogens is 1. The number of carbonyl (C=O) groups excluding carboxylic acids is 3. The molecule has 2 amide bonds. The Morgan fingerprint density at radius 2 is 1.76 bits per heavy atom. The smallest absolute Gasteiger partial charge is 0.337 e. The van der Waals surface area contributed by atoms with Crippen molar-refractivity contribution in [3.63, 3.8) is 0 Å². The van der Waals surface area contributed by atoms with Crippen LogP contribution in [0.15, 0.2) is 30.0 Å². The van der Waals surface area contributed by atoms with Crippen LogP contribution in [0.1, 0.15) is 88.4 Å². The molecule has 3 atom stereocenters. The number of benzene rings is 1. The summed E-state index contributed by atoms with van der Waals surface area (Å²) in [7, 11) is 4.58. The summed E-state index contributed by atoms with van der Waals surface area (Å²) in [5, 5.41) is 7.05. The zero-order valence-corrected chi connectivity index (χ0v) is 27.4. The summed E-state index contributed by atoms with van der Waals surface area (Å²) in [5.74, 6) is 0.286. The third-order valence-electron chi connectivity index (χ3n) is 10.2. The lowest BCUT2D eigenvalue weighted by Crippen LogP contribution is -2.48. The van der Waals surface area contributed by atoms with Gasteiger partial charge in [0.05, 0.1) is 51.3 Å². The van der Waals surface area contributed by atoms with E-state index in [4.69, 9.17) is 14.2 Å². The van der Waals surface area contributed by atoms with Gasteiger partial charge in [-0.3, -0.25) is 14.3 Å². The van der Waals surface area contributed by atoms with Crippen molar-refractivity contribution >= 4 is 28.8 Å². The Labute approximate surface area is 266 Å². The number of hydrogen-bond acceptors (Lipinski definition) is 7. The lowest BCUT2D eigenvalue weighted by atomic mass is 9.74. The van der Waals surface area contributed by atoms with Crippen LogP contribution >= 0.6 is 0 Å². The first-order valence-electron chi connectivity index (χ1n) is 16.7. The van der Waals surface area contributed by atoms with Crippen LogP contribution in [0, 0.1) is 11.8 Å². The zero-order chi connectivity index (χ0) is 31.9. The molecule has 1 aromatic heterocycles. The summed E-state index contributed by atoms with van der Waals surface area (Å²) in [6.07, 6.45) is 13.0. The fraction of sp³-hybridized carbons (Fsp3) is 0.629. The standard InChI is InChI=1S/C35H50N4O6/c1-5-23-21-38-18-17-25-32-28(15-12-16-30(32)44-3)39(33(25)29(38)19-26(23)27(22-43-2)34(41)45-4)35(42)36-20-31(40)37-24-13-10-8-6-7-9-11-14-24/h12,15-16,22-24,26,29H,5-11,13-14,17-21H2,1-4H3,(H,36,42)(H,37,40)/b27-22+/t23-,26+,29+/m1/s1. The molecule has 2 fully saturated rings. The SMILES string of the molecule is CC[C@@H]1CN2CCc3c(n(C(=O)NCC(=O)NC4CCCCCCCC4)c4cccc(OC)c34)[C@@H]2C[C@@H]1/C(=C\OC)C(=O)OC. The minimum Gasteiger partial charge on any atom is -0.504 e. The topological polar surface area (TPSA) is 111 Å². The van der Waals surface area contributed by atoms with Crippen molar-refractivity contribution in [1.29, 1.82) is 0 Å². The van der Waals surface area contributed by atoms with E-state index in [2.05, 4.69) is 22.5 Å². The number of ether oxygens (including phenoxy) is 3. The van der Waals surface area contributed by atoms with Crippen LogP contribution in [0.25, 0.3) is 10.9 Å². The summed E-state index contributed by atoms with van der Waals surface area (Å²) in [4.78, 5) is 42.5. The molecule has 10 heteroatoms. The van der Waals surface area contributed by atoms with Crippen molar-refractivity contribution in [2.45, 2.75) is 89.6 Å². The fourth-order valence-corrected chi connectivity index (χ4v) is 7.94. The van der Waals surface area contributed by atoms with E-state index >= 15 is 0 Å². The van der Waals surface area contributed by atoms with Crippen molar-refractivity contribution in [3.8, 4) is 5.75 Å². The number of nitrogens with one attached hydrogen (secondary N) is 2. The molecule has 1 aromatic carbocycles. The Morgan fingerprint density at radius 3 is 2.42 bits per heavy atom. The van der Waals surface area contributed by atoms with E-state index in [1.165, 1.54) is 39.1 Å². The largest absolute Gasteiger partial charge is 0.504 e. The van der Waals surface area contributed by atoms with Crippen LogP contribution in [0.5, 0.6) is 5.75 Å². The van der Waals surface area contributed by atoms with Gasteiger partial charge in [-0.25, -0.2) is 9.59 Å². The number of piperidine rings is 1. The molecule has 0 radical (unpaired) electrons. The van der Waals surface area contributed by atoms with Crippen LogP contribution in [0.4, 0.5) is 4.79 Å². The van der Waals surface area contributed by atoms with Gasteiger partial charge in [0, 0.05) is 30.2 Å². The summed E-state index contributed by atoms with van der Waals surface area (Å²) < 4.78 is 18.1. The first-order valence-corrected chi connectivity index (χ1v) is 16.7. The molecule has 3 aliphatic rings. The third kappa shape index (κ3) is 7.00. The molecular weight excluding hydrogens is 572 g/mol. The Balaban J connectivity index is 1.46. The van der Waals surface area contributed by atoms with Gasteiger partial charge in [0.15, 0.2) is 0 Å². The van der Waals surface area contributed by atoms with Gasteiger partial charge in [-0.1, -0.05) is 57.9 Å². The number of fused-ring (bicyclic) bond motifs is 5. The highest BCUT2D eigenvalue weighted by Gasteiger charge is 2.44. The van der Waals surface area contributed by atoms with Crippen LogP contribution in [0.3, 0.4) is 0 Å². The predicted octanol–water partition coefficient (Wildman–Crippen LogP) is 5.48. The second-order valence-corrected chi connectivity index (χ2v) is 12.7. The Hall–Kier alpha value is -3.53. The maximum absolute atomic E-state index is 14.1. The average Bonchev–Trinajstić information content (AvgIpc) is 3.46. The number of esters is 1. The molecule has 1 saturated carbocycles. The molecule has 0 unspecified atom stereocenters. The van der Waals surface area contributed by atoms with Crippen LogP contribution in [-0.2, 0) is 25.5 Å². The van der Waals surface area contributed by atoms with E-state index in [-0.39, 0.29) is 42.4 Å². The summed E-state index contributed by atoms with van der Waals surface area (Å²) in [5.41, 5.74) is 3.25. The fourth-order valence-electron chi connectivity index (χ4n) is 7.94. The Kier molecular flexibility index (Phi) is 11.1. The van der Waals surface area contributed by atoms with E-state index in [9.17, 15) is 14.4 Å². The van der Waals surface area contributed by atoms with Gasteiger partial charge in [0.1, 0.15) is 5.75 Å². The molecular formula is C35H50N4O6. The quantitative estimate of drug-likeness (QED) is 0.228. The molecule has 2 aliphatic heterocycles. The Morgan fingerprint density at radius 1 is 1.02 bits per heavy atom. The van der Waals surface area contributed by atoms with Gasteiger partial charge in [0.2, 0.25) is 5.91 Å². The second-order valence-electron chi connectivity index (χ2n) is 12.7. The first kappa shape index (κ1) is 32.9. The van der Waals surface area contributed by atoms with Crippen LogP contribution < -0.4 is 15.4 Å². The number of amides is 2. The molecule has 2 N–H and O–H groups in total. The van der Waals surface area contributed by atoms with Crippen molar-refractivity contribution in [2.24, 2.45) is 11.8 Å². The van der Waals surface area contributed by atoms with Gasteiger partial charge >= 0.3 is 12.0 Å². The van der Waals surface area contributed by atoms with Gasteiger partial charge in [0.25, 0.3) is 0 Å². The second kappa shape index (κ2) is 15.2. The Bertz CT molecular complexity index is 1390. The summed E-state index contributed by atoms with van der Waals surface area (Å²) in [6.45, 7) is 3.68. The number of rotatable bonds is 8. The number of hydrogen-bond donors (Lipinski definition) is 2. The molecule has 10 nitrogen and oxygen atoms in total. The molecule has 2 aromatic rings. The van der Waals surface area contributed by atoms with Crippen molar-refractivity contribution in [2.75, 3.05) is 41.0 Å². The molecule has 1 saturated heterocycles. The maximum atomic E-state index is 14.1. The summed E-state index contributed by atoms with van der Waals surface area (Å²) in [6, 6.07) is 5.46. The zero-order valence-electron chi connectivity index (χ0n) is 27.4. The predicted molar refractivity (Wildman–Crippen MR) is 173 cm³/mol. The molecule has 3 heterocycles. The highest BCUT2D eigenvalue weighted by Crippen LogP contribution is 2.48. The molecule has 0 spiro atoms. The molecule has 1 aliphatic carbocycles. The monoisotopic (exact) mass is 622 g/mol. The van der Waals surface area contributed by atoms with E-state index in [1.54, 1.807) is 18.8 Å². The minimum atomic E-state index is -0.393. The van der Waals surface area contributed by atoms with Crippen molar-refractivity contribution in [1.82, 2.24) is 20.1 Å². The number of carbonyl (C=O) groups is 3. The van der Waals surface area contributed by atoms with Gasteiger partial charge < -0.3 is 24.8 Å². The third-order valence-corrected chi connectivity index (χ3v) is 10.2. The van der Waals surface area contributed by atoms with Crippen LogP contribution in [0.2, 0.25) is 0 Å². The van der Waals surface area contributed by atoms with E-state index < -0.39 is 5.97 Å².